The fourth-order valence-corrected chi connectivity index (χ4v) is 11.7. The maximum absolute atomic E-state index is 2.59. The summed E-state index contributed by atoms with van der Waals surface area (Å²) in [7, 11) is -2.04. The van der Waals surface area contributed by atoms with Crippen LogP contribution in [0.3, 0.4) is 0 Å². The first-order valence-electron chi connectivity index (χ1n) is 16.9. The third-order valence-electron chi connectivity index (χ3n) is 10.8. The van der Waals surface area contributed by atoms with E-state index in [-0.39, 0.29) is 17.5 Å². The van der Waals surface area contributed by atoms with Crippen LogP contribution >= 0.6 is 0 Å². The SMILES string of the molecule is Cc1cc2c3c(c1)N(c1ccc(C(C)(C)C)cc1)c1cc(C)cc4c1B3c1c(cccc1[Si]4(C)C)N2c1ccc(C(C)(C)C)cc1. The van der Waals surface area contributed by atoms with E-state index in [0.29, 0.717) is 0 Å². The minimum absolute atomic E-state index is 0.106. The molecule has 0 aromatic heterocycles. The molecule has 230 valence electrons. The normalized spacial score (nSPS) is 15.7. The Morgan fingerprint density at radius 3 is 1.43 bits per heavy atom. The lowest BCUT2D eigenvalue weighted by atomic mass is 9.33. The third kappa shape index (κ3) is 4.08. The average Bonchev–Trinajstić information content (AvgIpc) is 2.98. The van der Waals surface area contributed by atoms with Crippen LogP contribution in [0.1, 0.15) is 63.8 Å². The summed E-state index contributed by atoms with van der Waals surface area (Å²) in [5, 5.41) is 3.17. The van der Waals surface area contributed by atoms with Crippen molar-refractivity contribution >= 4 is 75.7 Å². The topological polar surface area (TPSA) is 6.48 Å². The van der Waals surface area contributed by atoms with Crippen molar-refractivity contribution in [2.75, 3.05) is 9.80 Å². The molecule has 3 aliphatic heterocycles. The summed E-state index contributed by atoms with van der Waals surface area (Å²) in [5.41, 5.74) is 17.8. The molecule has 0 unspecified atom stereocenters. The largest absolute Gasteiger partial charge is 0.311 e. The van der Waals surface area contributed by atoms with Crippen LogP contribution in [0, 0.1) is 13.8 Å². The molecule has 8 rings (SSSR count). The summed E-state index contributed by atoms with van der Waals surface area (Å²) in [4.78, 5) is 5.16. The highest BCUT2D eigenvalue weighted by Crippen LogP contribution is 2.45. The Bertz CT molecular complexity index is 2060. The molecule has 0 N–H and O–H groups in total. The zero-order valence-electron chi connectivity index (χ0n) is 29.1. The average molecular weight is 617 g/mol. The molecule has 0 atom stereocenters. The highest BCUT2D eigenvalue weighted by atomic mass is 28.3. The Morgan fingerprint density at radius 2 is 0.935 bits per heavy atom. The van der Waals surface area contributed by atoms with Gasteiger partial charge in [0, 0.05) is 34.1 Å². The number of hydrogen-bond acceptors (Lipinski definition) is 2. The van der Waals surface area contributed by atoms with Gasteiger partial charge in [-0.05, 0) is 112 Å². The molecular weight excluding hydrogens is 571 g/mol. The Balaban J connectivity index is 1.46. The van der Waals surface area contributed by atoms with Crippen LogP contribution in [-0.4, -0.2) is 14.8 Å². The monoisotopic (exact) mass is 616 g/mol. The Labute approximate surface area is 277 Å². The van der Waals surface area contributed by atoms with Gasteiger partial charge in [0.05, 0.1) is 0 Å². The van der Waals surface area contributed by atoms with Gasteiger partial charge in [-0.3, -0.25) is 0 Å². The maximum Gasteiger partial charge on any atom is 0.251 e. The number of rotatable bonds is 2. The minimum atomic E-state index is -2.04. The van der Waals surface area contributed by atoms with Crippen LogP contribution in [0.4, 0.5) is 34.1 Å². The van der Waals surface area contributed by atoms with Crippen molar-refractivity contribution in [3.05, 3.63) is 113 Å². The van der Waals surface area contributed by atoms with Gasteiger partial charge in [0.15, 0.2) is 0 Å². The Hall–Kier alpha value is -4.02. The number of anilines is 6. The smallest absolute Gasteiger partial charge is 0.251 e. The fourth-order valence-electron chi connectivity index (χ4n) is 8.42. The van der Waals surface area contributed by atoms with Gasteiger partial charge in [0.25, 0.3) is 6.71 Å². The van der Waals surface area contributed by atoms with Crippen molar-refractivity contribution in [1.82, 2.24) is 0 Å². The van der Waals surface area contributed by atoms with E-state index in [0.717, 1.165) is 0 Å². The van der Waals surface area contributed by atoms with Crippen LogP contribution < -0.4 is 36.6 Å². The lowest BCUT2D eigenvalue weighted by molar-refractivity contribution is 0.590. The van der Waals surface area contributed by atoms with Crippen molar-refractivity contribution in [2.45, 2.75) is 79.3 Å². The van der Waals surface area contributed by atoms with E-state index in [1.165, 1.54) is 72.8 Å². The summed E-state index contributed by atoms with van der Waals surface area (Å²) in [6.45, 7) is 23.7. The third-order valence-corrected chi connectivity index (χ3v) is 14.4. The Kier molecular flexibility index (Phi) is 6.08. The molecule has 0 bridgehead atoms. The molecule has 4 heteroatoms. The predicted molar refractivity (Wildman–Crippen MR) is 204 cm³/mol. The second-order valence-corrected chi connectivity index (χ2v) is 20.9. The lowest BCUT2D eigenvalue weighted by Crippen LogP contribution is -2.79. The summed E-state index contributed by atoms with van der Waals surface area (Å²) >= 11 is 0. The van der Waals surface area contributed by atoms with Gasteiger partial charge < -0.3 is 9.80 Å². The predicted octanol–water partition coefficient (Wildman–Crippen LogP) is 8.12. The Morgan fingerprint density at radius 1 is 0.500 bits per heavy atom. The fraction of sp³-hybridized carbons (Fsp3) is 0.286. The van der Waals surface area contributed by atoms with E-state index in [9.17, 15) is 0 Å². The van der Waals surface area contributed by atoms with Crippen LogP contribution in [0.5, 0.6) is 0 Å². The minimum Gasteiger partial charge on any atom is -0.311 e. The molecule has 5 aromatic carbocycles. The van der Waals surface area contributed by atoms with Crippen molar-refractivity contribution in [3.8, 4) is 0 Å². The molecule has 3 heterocycles. The number of aryl methyl sites for hydroxylation is 2. The number of benzene rings is 5. The van der Waals surface area contributed by atoms with Crippen LogP contribution in [0.2, 0.25) is 13.1 Å². The zero-order chi connectivity index (χ0) is 32.5. The summed E-state index contributed by atoms with van der Waals surface area (Å²) in [6, 6.07) is 35.7. The van der Waals surface area contributed by atoms with Gasteiger partial charge in [0.1, 0.15) is 8.07 Å². The number of nitrogens with zero attached hydrogens (tertiary/aromatic N) is 2. The number of hydrogen-bond donors (Lipinski definition) is 0. The van der Waals surface area contributed by atoms with E-state index in [1.807, 2.05) is 0 Å². The molecule has 3 aliphatic rings. The molecule has 0 saturated heterocycles. The lowest BCUT2D eigenvalue weighted by Gasteiger charge is -2.50. The molecule has 0 radical (unpaired) electrons. The van der Waals surface area contributed by atoms with Crippen molar-refractivity contribution < 1.29 is 0 Å². The van der Waals surface area contributed by atoms with Gasteiger partial charge in [-0.1, -0.05) is 107 Å². The molecule has 0 amide bonds. The summed E-state index contributed by atoms with van der Waals surface area (Å²) in [6.07, 6.45) is 0. The van der Waals surface area contributed by atoms with E-state index in [2.05, 4.69) is 169 Å². The first-order valence-corrected chi connectivity index (χ1v) is 19.9. The van der Waals surface area contributed by atoms with Crippen molar-refractivity contribution in [1.29, 1.82) is 0 Å². The molecule has 5 aromatic rings. The second-order valence-electron chi connectivity index (χ2n) is 16.5. The highest BCUT2D eigenvalue weighted by Gasteiger charge is 2.51. The van der Waals surface area contributed by atoms with Crippen LogP contribution in [0.15, 0.2) is 91.0 Å². The van der Waals surface area contributed by atoms with Crippen molar-refractivity contribution in [2.24, 2.45) is 0 Å². The molecule has 46 heavy (non-hydrogen) atoms. The standard InChI is InChI=1S/C42H45BN2Si/c1-26-22-33-38-34(23-26)45(31-20-16-29(17-21-31)42(6,7)8)35-24-27(2)25-37-40(35)43(38)39-32(12-11-13-36(39)46(37,9)10)44(33)30-18-14-28(15-19-30)41(3,4)5/h11-25H,1-10H3. The van der Waals surface area contributed by atoms with Crippen molar-refractivity contribution in [3.63, 3.8) is 0 Å². The zero-order valence-corrected chi connectivity index (χ0v) is 30.1. The molecule has 2 nitrogen and oxygen atoms in total. The quantitative estimate of drug-likeness (QED) is 0.181. The van der Waals surface area contributed by atoms with E-state index < -0.39 is 8.07 Å². The van der Waals surface area contributed by atoms with Gasteiger partial charge in [0.2, 0.25) is 0 Å². The second kappa shape index (κ2) is 9.51. The molecule has 0 spiro atoms. The van der Waals surface area contributed by atoms with Gasteiger partial charge in [-0.15, -0.1) is 0 Å². The molecule has 0 aliphatic carbocycles. The van der Waals surface area contributed by atoms with Crippen LogP contribution in [-0.2, 0) is 10.8 Å². The maximum atomic E-state index is 2.59. The first-order chi connectivity index (χ1) is 21.7. The van der Waals surface area contributed by atoms with Gasteiger partial charge in [-0.2, -0.15) is 0 Å². The van der Waals surface area contributed by atoms with Gasteiger partial charge >= 0.3 is 0 Å². The van der Waals surface area contributed by atoms with E-state index >= 15 is 0 Å². The molecule has 0 fully saturated rings. The molecular formula is C42H45BN2Si. The first kappa shape index (κ1) is 29.4. The van der Waals surface area contributed by atoms with Crippen LogP contribution in [0.25, 0.3) is 0 Å². The van der Waals surface area contributed by atoms with Gasteiger partial charge in [-0.25, -0.2) is 0 Å². The molecule has 0 saturated carbocycles. The summed E-state index contributed by atoms with van der Waals surface area (Å²) < 4.78 is 0. The summed E-state index contributed by atoms with van der Waals surface area (Å²) in [5.74, 6) is 0. The highest BCUT2D eigenvalue weighted by molar-refractivity contribution is 7.16. The van der Waals surface area contributed by atoms with E-state index in [4.69, 9.17) is 0 Å². The van der Waals surface area contributed by atoms with E-state index in [1.54, 1.807) is 10.4 Å².